The molecule has 1 aromatic carbocycles. The second kappa shape index (κ2) is 5.97. The van der Waals surface area contributed by atoms with Gasteiger partial charge in [-0.2, -0.15) is 0 Å². The van der Waals surface area contributed by atoms with Gasteiger partial charge in [0.2, 0.25) is 5.78 Å². The Morgan fingerprint density at radius 2 is 2.00 bits per heavy atom. The molecular formula is C11H14N2O3. The van der Waals surface area contributed by atoms with Crippen molar-refractivity contribution in [2.24, 2.45) is 5.73 Å². The van der Waals surface area contributed by atoms with Gasteiger partial charge < -0.3 is 5.73 Å². The molecule has 16 heavy (non-hydrogen) atoms. The number of benzene rings is 1. The van der Waals surface area contributed by atoms with Crippen LogP contribution >= 0.6 is 0 Å². The van der Waals surface area contributed by atoms with E-state index in [0.717, 1.165) is 5.56 Å². The number of carbonyl (C=O) groups is 1. The molecule has 0 aliphatic heterocycles. The summed E-state index contributed by atoms with van der Waals surface area (Å²) in [7, 11) is 0. The number of ketones is 1. The number of hydrogen-bond acceptors (Lipinski definition) is 4. The molecule has 0 aromatic heterocycles. The topological polar surface area (TPSA) is 86.2 Å². The maximum absolute atomic E-state index is 11.2. The molecule has 0 aliphatic rings. The first-order valence-corrected chi connectivity index (χ1v) is 5.03. The van der Waals surface area contributed by atoms with Crippen LogP contribution in [0.2, 0.25) is 0 Å². The van der Waals surface area contributed by atoms with Crippen molar-refractivity contribution in [1.82, 2.24) is 0 Å². The van der Waals surface area contributed by atoms with Crippen LogP contribution in [-0.2, 0) is 11.2 Å². The maximum atomic E-state index is 11.2. The first kappa shape index (κ1) is 12.3. The van der Waals surface area contributed by atoms with Crippen LogP contribution in [0.5, 0.6) is 0 Å². The first-order chi connectivity index (χ1) is 7.59. The van der Waals surface area contributed by atoms with Crippen molar-refractivity contribution in [2.75, 3.05) is 6.54 Å². The van der Waals surface area contributed by atoms with Crippen LogP contribution < -0.4 is 5.73 Å². The highest BCUT2D eigenvalue weighted by atomic mass is 16.6. The summed E-state index contributed by atoms with van der Waals surface area (Å²) in [5, 5.41) is 10.1. The lowest BCUT2D eigenvalue weighted by Gasteiger charge is -2.07. The molecule has 2 N–H and O–H groups in total. The molecule has 1 aromatic rings. The van der Waals surface area contributed by atoms with Crippen molar-refractivity contribution in [2.45, 2.75) is 18.9 Å². The van der Waals surface area contributed by atoms with Crippen LogP contribution in [0.1, 0.15) is 12.0 Å². The molecule has 0 bridgehead atoms. The highest BCUT2D eigenvalue weighted by Gasteiger charge is 2.18. The monoisotopic (exact) mass is 222 g/mol. The number of aryl methyl sites for hydroxylation is 1. The van der Waals surface area contributed by atoms with Crippen LogP contribution in [0.25, 0.3) is 0 Å². The van der Waals surface area contributed by atoms with Gasteiger partial charge >= 0.3 is 0 Å². The van der Waals surface area contributed by atoms with Gasteiger partial charge in [0.15, 0.2) is 0 Å². The lowest BCUT2D eigenvalue weighted by Crippen LogP contribution is -2.35. The van der Waals surface area contributed by atoms with Gasteiger partial charge in [0.25, 0.3) is 6.54 Å². The fourth-order valence-electron chi connectivity index (χ4n) is 1.37. The van der Waals surface area contributed by atoms with Crippen molar-refractivity contribution >= 4 is 5.78 Å². The van der Waals surface area contributed by atoms with Crippen molar-refractivity contribution in [1.29, 1.82) is 0 Å². The Morgan fingerprint density at radius 3 is 2.56 bits per heavy atom. The van der Waals surface area contributed by atoms with Crippen LogP contribution in [-0.4, -0.2) is 23.3 Å². The summed E-state index contributed by atoms with van der Waals surface area (Å²) in [6.45, 7) is -0.685. The Hall–Kier alpha value is -1.75. The zero-order valence-electron chi connectivity index (χ0n) is 8.83. The minimum absolute atomic E-state index is 0.441. The van der Waals surface area contributed by atoms with Crippen molar-refractivity contribution in [3.63, 3.8) is 0 Å². The Bertz CT molecular complexity index is 365. The summed E-state index contributed by atoms with van der Waals surface area (Å²) in [4.78, 5) is 20.7. The number of carbonyl (C=O) groups excluding carboxylic acids is 1. The van der Waals surface area contributed by atoms with Crippen LogP contribution in [0.15, 0.2) is 30.3 Å². The third kappa shape index (κ3) is 4.18. The Balaban J connectivity index is 2.38. The number of Topliss-reactive ketones (excluding diaryl/α,β-unsaturated/α-hetero) is 1. The molecule has 5 nitrogen and oxygen atoms in total. The van der Waals surface area contributed by atoms with E-state index in [1.54, 1.807) is 0 Å². The molecule has 0 heterocycles. The molecular weight excluding hydrogens is 208 g/mol. The lowest BCUT2D eigenvalue weighted by atomic mass is 10.0. The molecule has 0 amide bonds. The Labute approximate surface area is 93.4 Å². The molecule has 1 atom stereocenters. The summed E-state index contributed by atoms with van der Waals surface area (Å²) in [6, 6.07) is 8.83. The zero-order chi connectivity index (χ0) is 12.0. The molecule has 0 spiro atoms. The number of nitro groups is 1. The summed E-state index contributed by atoms with van der Waals surface area (Å²) in [6.07, 6.45) is 1.10. The van der Waals surface area contributed by atoms with Gasteiger partial charge in [-0.25, -0.2) is 0 Å². The number of nitrogens with zero attached hydrogens (tertiary/aromatic N) is 1. The van der Waals surface area contributed by atoms with Gasteiger partial charge in [0, 0.05) is 4.92 Å². The third-order valence-corrected chi connectivity index (χ3v) is 2.29. The van der Waals surface area contributed by atoms with E-state index in [4.69, 9.17) is 5.73 Å². The van der Waals surface area contributed by atoms with E-state index in [1.165, 1.54) is 0 Å². The SMILES string of the molecule is NC(CCc1ccccc1)C(=O)C[N+](=O)[O-]. The van der Waals surface area contributed by atoms with Crippen molar-refractivity contribution in [3.05, 3.63) is 46.0 Å². The molecule has 0 radical (unpaired) electrons. The standard InChI is InChI=1S/C11H14N2O3/c12-10(11(14)8-13(15)16)7-6-9-4-2-1-3-5-9/h1-5,10H,6-8,12H2. The number of nitrogens with two attached hydrogens (primary N) is 1. The second-order valence-electron chi connectivity index (χ2n) is 3.59. The molecule has 0 saturated heterocycles. The quantitative estimate of drug-likeness (QED) is 0.569. The minimum atomic E-state index is -0.745. The number of rotatable bonds is 6. The van der Waals surface area contributed by atoms with Gasteiger partial charge in [0.05, 0.1) is 6.04 Å². The smallest absolute Gasteiger partial charge is 0.262 e. The highest BCUT2D eigenvalue weighted by Crippen LogP contribution is 2.04. The summed E-state index contributed by atoms with van der Waals surface area (Å²) >= 11 is 0. The van der Waals surface area contributed by atoms with E-state index >= 15 is 0 Å². The molecule has 0 fully saturated rings. The molecule has 0 aliphatic carbocycles. The van der Waals surface area contributed by atoms with Crippen molar-refractivity contribution < 1.29 is 9.72 Å². The van der Waals surface area contributed by atoms with Gasteiger partial charge in [-0.3, -0.25) is 14.9 Å². The molecule has 5 heteroatoms. The molecule has 1 rings (SSSR count). The normalized spacial score (nSPS) is 12.1. The van der Waals surface area contributed by atoms with Gasteiger partial charge in [0.1, 0.15) is 0 Å². The van der Waals surface area contributed by atoms with Crippen LogP contribution in [0, 0.1) is 10.1 Å². The molecule has 1 unspecified atom stereocenters. The van der Waals surface area contributed by atoms with Crippen LogP contribution in [0.4, 0.5) is 0 Å². The number of hydrogen-bond donors (Lipinski definition) is 1. The summed E-state index contributed by atoms with van der Waals surface area (Å²) < 4.78 is 0. The van der Waals surface area contributed by atoms with Crippen LogP contribution in [0.3, 0.4) is 0 Å². The summed E-state index contributed by atoms with van der Waals surface area (Å²) in [5.41, 5.74) is 6.64. The largest absolute Gasteiger partial charge is 0.321 e. The second-order valence-corrected chi connectivity index (χ2v) is 3.59. The molecule has 0 saturated carbocycles. The van der Waals surface area contributed by atoms with E-state index in [1.807, 2.05) is 30.3 Å². The van der Waals surface area contributed by atoms with E-state index in [2.05, 4.69) is 0 Å². The average molecular weight is 222 g/mol. The molecule has 86 valence electrons. The Kier molecular flexibility index (Phi) is 4.60. The average Bonchev–Trinajstić information content (AvgIpc) is 2.26. The van der Waals surface area contributed by atoms with E-state index < -0.39 is 23.3 Å². The first-order valence-electron chi connectivity index (χ1n) is 5.03. The van der Waals surface area contributed by atoms with E-state index in [0.29, 0.717) is 12.8 Å². The van der Waals surface area contributed by atoms with Gasteiger partial charge in [-0.15, -0.1) is 0 Å². The maximum Gasteiger partial charge on any atom is 0.262 e. The fraction of sp³-hybridized carbons (Fsp3) is 0.364. The van der Waals surface area contributed by atoms with E-state index in [-0.39, 0.29) is 0 Å². The van der Waals surface area contributed by atoms with Gasteiger partial charge in [-0.1, -0.05) is 30.3 Å². The van der Waals surface area contributed by atoms with Gasteiger partial charge in [-0.05, 0) is 18.4 Å². The fourth-order valence-corrected chi connectivity index (χ4v) is 1.37. The highest BCUT2D eigenvalue weighted by molar-refractivity contribution is 5.84. The van der Waals surface area contributed by atoms with Crippen molar-refractivity contribution in [3.8, 4) is 0 Å². The van der Waals surface area contributed by atoms with E-state index in [9.17, 15) is 14.9 Å². The Morgan fingerprint density at radius 1 is 1.38 bits per heavy atom. The minimum Gasteiger partial charge on any atom is -0.321 e. The summed E-state index contributed by atoms with van der Waals surface area (Å²) in [5.74, 6) is -0.513. The lowest BCUT2D eigenvalue weighted by molar-refractivity contribution is -0.467. The predicted molar refractivity (Wildman–Crippen MR) is 59.6 cm³/mol. The zero-order valence-corrected chi connectivity index (χ0v) is 8.83. The third-order valence-electron chi connectivity index (χ3n) is 2.29. The predicted octanol–water partition coefficient (Wildman–Crippen LogP) is 0.792.